The first kappa shape index (κ1) is 28.2. The number of nitrogens with zero attached hydrogens (tertiary/aromatic N) is 2. The Morgan fingerprint density at radius 1 is 1.08 bits per heavy atom. The van der Waals surface area contributed by atoms with Gasteiger partial charge in [-0.3, -0.25) is 13.9 Å². The Balaban J connectivity index is 1.89. The van der Waals surface area contributed by atoms with Crippen LogP contribution in [0.4, 0.5) is 10.1 Å². The van der Waals surface area contributed by atoms with Gasteiger partial charge in [-0.25, -0.2) is 12.8 Å². The predicted octanol–water partition coefficient (Wildman–Crippen LogP) is 4.76. The highest BCUT2D eigenvalue weighted by molar-refractivity contribution is 7.92. The maximum Gasteiger partial charge on any atom is 0.244 e. The average Bonchev–Trinajstić information content (AvgIpc) is 2.83. The molecule has 196 valence electrons. The summed E-state index contributed by atoms with van der Waals surface area (Å²) in [6, 6.07) is 9.01. The lowest BCUT2D eigenvalue weighted by Crippen LogP contribution is -2.53. The summed E-state index contributed by atoms with van der Waals surface area (Å²) in [5.41, 5.74) is 0.648. The molecule has 7 nitrogen and oxygen atoms in total. The smallest absolute Gasteiger partial charge is 0.244 e. The normalized spacial score (nSPS) is 15.2. The highest BCUT2D eigenvalue weighted by Gasteiger charge is 2.31. The molecule has 2 aromatic carbocycles. The molecule has 0 bridgehead atoms. The fourth-order valence-electron chi connectivity index (χ4n) is 4.21. The lowest BCUT2D eigenvalue weighted by Gasteiger charge is -2.33. The number of hydrogen-bond acceptors (Lipinski definition) is 4. The molecule has 2 amide bonds. The van der Waals surface area contributed by atoms with E-state index in [2.05, 4.69) is 5.32 Å². The number of carbonyl (C=O) groups excluding carboxylic acids is 2. The van der Waals surface area contributed by atoms with E-state index in [1.54, 1.807) is 6.92 Å². The third-order valence-electron chi connectivity index (χ3n) is 6.24. The molecular formula is C25H30Cl2FN3O4S. The lowest BCUT2D eigenvalue weighted by atomic mass is 9.95. The number of nitrogens with one attached hydrogen (secondary N) is 1. The Bertz CT molecular complexity index is 1190. The van der Waals surface area contributed by atoms with Gasteiger partial charge in [0.15, 0.2) is 0 Å². The lowest BCUT2D eigenvalue weighted by molar-refractivity contribution is -0.139. The Morgan fingerprint density at radius 3 is 2.33 bits per heavy atom. The Hall–Kier alpha value is -2.36. The quantitative estimate of drug-likeness (QED) is 0.481. The molecule has 1 aliphatic rings. The SMILES string of the molecule is C[C@H](C(=O)NC1CCCCC1)N(Cc1ccc(F)cc1)C(=O)CN(c1cc(Cl)ccc1Cl)S(C)(=O)=O. The van der Waals surface area contributed by atoms with E-state index < -0.39 is 34.3 Å². The molecule has 0 unspecified atom stereocenters. The summed E-state index contributed by atoms with van der Waals surface area (Å²) in [5.74, 6) is -1.38. The van der Waals surface area contributed by atoms with Gasteiger partial charge >= 0.3 is 0 Å². The van der Waals surface area contributed by atoms with Crippen LogP contribution in [0.3, 0.4) is 0 Å². The summed E-state index contributed by atoms with van der Waals surface area (Å²) < 4.78 is 39.6. The number of hydrogen-bond donors (Lipinski definition) is 1. The van der Waals surface area contributed by atoms with Crippen molar-refractivity contribution in [3.05, 3.63) is 63.9 Å². The van der Waals surface area contributed by atoms with Gasteiger partial charge in [-0.1, -0.05) is 54.6 Å². The zero-order valence-electron chi connectivity index (χ0n) is 20.2. The van der Waals surface area contributed by atoms with Crippen molar-refractivity contribution in [3.63, 3.8) is 0 Å². The van der Waals surface area contributed by atoms with Crippen LogP contribution in [0.1, 0.15) is 44.6 Å². The number of rotatable bonds is 9. The van der Waals surface area contributed by atoms with E-state index in [1.807, 2.05) is 0 Å². The summed E-state index contributed by atoms with van der Waals surface area (Å²) in [4.78, 5) is 28.0. The minimum absolute atomic E-state index is 0.0146. The van der Waals surface area contributed by atoms with Gasteiger partial charge in [0.05, 0.1) is 17.0 Å². The summed E-state index contributed by atoms with van der Waals surface area (Å²) in [6.45, 7) is 0.983. The van der Waals surface area contributed by atoms with Crippen molar-refractivity contribution in [3.8, 4) is 0 Å². The number of amides is 2. The molecule has 0 radical (unpaired) electrons. The van der Waals surface area contributed by atoms with Crippen molar-refractivity contribution in [1.29, 1.82) is 0 Å². The van der Waals surface area contributed by atoms with Crippen LogP contribution in [0.25, 0.3) is 0 Å². The van der Waals surface area contributed by atoms with Gasteiger partial charge in [-0.15, -0.1) is 0 Å². The van der Waals surface area contributed by atoms with E-state index in [-0.39, 0.29) is 34.2 Å². The Morgan fingerprint density at radius 2 is 1.72 bits per heavy atom. The summed E-state index contributed by atoms with van der Waals surface area (Å²) >= 11 is 12.3. The number of halogens is 3. The molecule has 3 rings (SSSR count). The average molecular weight is 559 g/mol. The van der Waals surface area contributed by atoms with E-state index in [9.17, 15) is 22.4 Å². The van der Waals surface area contributed by atoms with Gasteiger partial charge in [0.25, 0.3) is 0 Å². The topological polar surface area (TPSA) is 86.8 Å². The van der Waals surface area contributed by atoms with Crippen molar-refractivity contribution in [1.82, 2.24) is 10.2 Å². The maximum absolute atomic E-state index is 13.6. The van der Waals surface area contributed by atoms with Crippen molar-refractivity contribution in [2.45, 2.75) is 57.7 Å². The Kier molecular flexibility index (Phi) is 9.60. The van der Waals surface area contributed by atoms with Gasteiger partial charge in [0.1, 0.15) is 18.4 Å². The van der Waals surface area contributed by atoms with Crippen LogP contribution in [0.5, 0.6) is 0 Å². The van der Waals surface area contributed by atoms with E-state index in [0.717, 1.165) is 42.7 Å². The molecule has 1 saturated carbocycles. The monoisotopic (exact) mass is 557 g/mol. The van der Waals surface area contributed by atoms with E-state index in [0.29, 0.717) is 5.56 Å². The molecule has 1 aliphatic carbocycles. The molecule has 0 aromatic heterocycles. The van der Waals surface area contributed by atoms with Gasteiger partial charge in [0.2, 0.25) is 21.8 Å². The van der Waals surface area contributed by atoms with Crippen molar-refractivity contribution in [2.24, 2.45) is 0 Å². The van der Waals surface area contributed by atoms with Gasteiger partial charge in [-0.2, -0.15) is 0 Å². The highest BCUT2D eigenvalue weighted by atomic mass is 35.5. The molecule has 0 spiro atoms. The molecule has 1 N–H and O–H groups in total. The number of carbonyl (C=O) groups is 2. The van der Waals surface area contributed by atoms with E-state index in [1.165, 1.54) is 47.4 Å². The number of benzene rings is 2. The molecule has 11 heteroatoms. The molecule has 0 aliphatic heterocycles. The third-order valence-corrected chi connectivity index (χ3v) is 7.92. The highest BCUT2D eigenvalue weighted by Crippen LogP contribution is 2.31. The molecule has 0 heterocycles. The van der Waals surface area contributed by atoms with E-state index >= 15 is 0 Å². The molecule has 36 heavy (non-hydrogen) atoms. The molecule has 1 fully saturated rings. The third kappa shape index (κ3) is 7.57. The summed E-state index contributed by atoms with van der Waals surface area (Å²) in [6.07, 6.45) is 5.90. The first-order chi connectivity index (χ1) is 17.0. The second kappa shape index (κ2) is 12.3. The van der Waals surface area contributed by atoms with Crippen LogP contribution < -0.4 is 9.62 Å². The molecule has 2 aromatic rings. The zero-order chi connectivity index (χ0) is 26.5. The van der Waals surface area contributed by atoms with Gasteiger partial charge < -0.3 is 10.2 Å². The van der Waals surface area contributed by atoms with Crippen LogP contribution in [0, 0.1) is 5.82 Å². The molecular weight excluding hydrogens is 528 g/mol. The summed E-state index contributed by atoms with van der Waals surface area (Å²) in [7, 11) is -3.94. The van der Waals surface area contributed by atoms with Crippen LogP contribution >= 0.6 is 23.2 Å². The van der Waals surface area contributed by atoms with Crippen molar-refractivity contribution >= 4 is 50.7 Å². The largest absolute Gasteiger partial charge is 0.352 e. The van der Waals surface area contributed by atoms with Crippen LogP contribution in [0.15, 0.2) is 42.5 Å². The second-order valence-corrected chi connectivity index (χ2v) is 11.8. The van der Waals surface area contributed by atoms with Crippen LogP contribution in [-0.4, -0.2) is 50.0 Å². The van der Waals surface area contributed by atoms with Gasteiger partial charge in [-0.05, 0) is 55.7 Å². The van der Waals surface area contributed by atoms with Gasteiger partial charge in [0, 0.05) is 17.6 Å². The van der Waals surface area contributed by atoms with E-state index in [4.69, 9.17) is 23.2 Å². The maximum atomic E-state index is 13.6. The minimum Gasteiger partial charge on any atom is -0.352 e. The fraction of sp³-hybridized carbons (Fsp3) is 0.440. The predicted molar refractivity (Wildman–Crippen MR) is 140 cm³/mol. The Labute approximate surface area is 221 Å². The van der Waals surface area contributed by atoms with Crippen molar-refractivity contribution in [2.75, 3.05) is 17.1 Å². The number of sulfonamides is 1. The first-order valence-electron chi connectivity index (χ1n) is 11.7. The summed E-state index contributed by atoms with van der Waals surface area (Å²) in [5, 5.41) is 3.37. The fourth-order valence-corrected chi connectivity index (χ4v) is 5.50. The second-order valence-electron chi connectivity index (χ2n) is 9.03. The number of anilines is 1. The van der Waals surface area contributed by atoms with Crippen LogP contribution in [0.2, 0.25) is 10.0 Å². The zero-order valence-corrected chi connectivity index (χ0v) is 22.5. The van der Waals surface area contributed by atoms with Crippen LogP contribution in [-0.2, 0) is 26.2 Å². The standard InChI is InChI=1S/C25H30Cl2FN3O4S/c1-17(25(33)29-21-6-4-3-5-7-21)30(15-18-8-11-20(28)12-9-18)24(32)16-31(36(2,34)35)23-14-19(26)10-13-22(23)27/h8-14,17,21H,3-7,15-16H2,1-2H3,(H,29,33)/t17-/m1/s1. The first-order valence-corrected chi connectivity index (χ1v) is 14.3. The molecule has 0 saturated heterocycles. The molecule has 1 atom stereocenters. The van der Waals surface area contributed by atoms with Crippen molar-refractivity contribution < 1.29 is 22.4 Å². The minimum atomic E-state index is -3.94.